The van der Waals surface area contributed by atoms with E-state index in [2.05, 4.69) is 38.0 Å². The fourth-order valence-electron chi connectivity index (χ4n) is 2.21. The van der Waals surface area contributed by atoms with Gasteiger partial charge in [-0.05, 0) is 50.2 Å². The lowest BCUT2D eigenvalue weighted by atomic mass is 9.75. The molecule has 3 heteroatoms. The van der Waals surface area contributed by atoms with Gasteiger partial charge in [-0.25, -0.2) is 0 Å². The molecule has 1 aliphatic carbocycles. The van der Waals surface area contributed by atoms with E-state index in [1.807, 2.05) is 0 Å². The van der Waals surface area contributed by atoms with Crippen LogP contribution in [0.25, 0.3) is 0 Å². The zero-order valence-electron chi connectivity index (χ0n) is 10.5. The summed E-state index contributed by atoms with van der Waals surface area (Å²) in [5.41, 5.74) is 0.539. The first-order valence-electron chi connectivity index (χ1n) is 5.97. The third kappa shape index (κ3) is 3.63. The summed E-state index contributed by atoms with van der Waals surface area (Å²) >= 11 is 5.33. The molecule has 0 saturated heterocycles. The van der Waals surface area contributed by atoms with E-state index in [0.29, 0.717) is 11.5 Å². The predicted molar refractivity (Wildman–Crippen MR) is 70.1 cm³/mol. The molecule has 0 unspecified atom stereocenters. The van der Waals surface area contributed by atoms with Gasteiger partial charge in [0.1, 0.15) is 0 Å². The maximum absolute atomic E-state index is 5.33. The Hall–Kier alpha value is -0.310. The largest absolute Gasteiger partial charge is 0.363 e. The van der Waals surface area contributed by atoms with Gasteiger partial charge in [0.05, 0.1) is 0 Å². The molecule has 1 rings (SSSR count). The molecule has 1 N–H and O–H groups in total. The van der Waals surface area contributed by atoms with E-state index < -0.39 is 0 Å². The van der Waals surface area contributed by atoms with Crippen LogP contribution >= 0.6 is 12.2 Å². The second-order valence-corrected chi connectivity index (χ2v) is 5.73. The van der Waals surface area contributed by atoms with E-state index in [1.165, 1.54) is 25.7 Å². The van der Waals surface area contributed by atoms with Crippen molar-refractivity contribution in [2.75, 3.05) is 13.6 Å². The van der Waals surface area contributed by atoms with Gasteiger partial charge in [-0.3, -0.25) is 0 Å². The second-order valence-electron chi connectivity index (χ2n) is 5.34. The van der Waals surface area contributed by atoms with Gasteiger partial charge in [-0.1, -0.05) is 13.8 Å². The molecule has 0 bridgehead atoms. The van der Waals surface area contributed by atoms with Crippen LogP contribution in [-0.4, -0.2) is 29.6 Å². The molecule has 0 aromatic rings. The molecule has 2 nitrogen and oxygen atoms in total. The van der Waals surface area contributed by atoms with Crippen LogP contribution in [0.15, 0.2) is 0 Å². The van der Waals surface area contributed by atoms with E-state index >= 15 is 0 Å². The average molecular weight is 228 g/mol. The van der Waals surface area contributed by atoms with Crippen LogP contribution in [0.3, 0.4) is 0 Å². The van der Waals surface area contributed by atoms with E-state index in [1.54, 1.807) is 0 Å². The standard InChI is InChI=1S/C12H24N2S/c1-5-13-11(15)14(4)10-6-8-12(2,3)9-7-10/h10H,5-9H2,1-4H3,(H,13,15). The molecule has 15 heavy (non-hydrogen) atoms. The zero-order valence-corrected chi connectivity index (χ0v) is 11.3. The van der Waals surface area contributed by atoms with Gasteiger partial charge in [-0.2, -0.15) is 0 Å². The van der Waals surface area contributed by atoms with E-state index in [-0.39, 0.29) is 0 Å². The molecule has 0 aromatic heterocycles. The first-order valence-corrected chi connectivity index (χ1v) is 6.38. The summed E-state index contributed by atoms with van der Waals surface area (Å²) in [6.45, 7) is 7.74. The monoisotopic (exact) mass is 228 g/mol. The smallest absolute Gasteiger partial charge is 0.168 e. The Morgan fingerprint density at radius 1 is 1.40 bits per heavy atom. The summed E-state index contributed by atoms with van der Waals surface area (Å²) in [4.78, 5) is 2.24. The Morgan fingerprint density at radius 3 is 2.40 bits per heavy atom. The van der Waals surface area contributed by atoms with E-state index in [9.17, 15) is 0 Å². The fourth-order valence-corrected chi connectivity index (χ4v) is 2.51. The molecule has 88 valence electrons. The summed E-state index contributed by atoms with van der Waals surface area (Å²) in [5, 5.41) is 4.13. The summed E-state index contributed by atoms with van der Waals surface area (Å²) in [7, 11) is 2.12. The molecule has 1 fully saturated rings. The number of hydrogen-bond acceptors (Lipinski definition) is 1. The molecule has 0 atom stereocenters. The highest BCUT2D eigenvalue weighted by atomic mass is 32.1. The van der Waals surface area contributed by atoms with E-state index in [0.717, 1.165) is 11.7 Å². The van der Waals surface area contributed by atoms with Crippen LogP contribution in [0.1, 0.15) is 46.5 Å². The topological polar surface area (TPSA) is 15.3 Å². The molecule has 1 aliphatic rings. The molecular weight excluding hydrogens is 204 g/mol. The Morgan fingerprint density at radius 2 is 1.93 bits per heavy atom. The lowest BCUT2D eigenvalue weighted by Crippen LogP contribution is -2.45. The molecular formula is C12H24N2S. The van der Waals surface area contributed by atoms with Crippen molar-refractivity contribution < 1.29 is 0 Å². The first-order chi connectivity index (χ1) is 6.96. The van der Waals surface area contributed by atoms with Crippen LogP contribution in [0.4, 0.5) is 0 Å². The minimum absolute atomic E-state index is 0.539. The van der Waals surface area contributed by atoms with Gasteiger partial charge >= 0.3 is 0 Å². The molecule has 1 saturated carbocycles. The van der Waals surface area contributed by atoms with Gasteiger partial charge in [-0.15, -0.1) is 0 Å². The summed E-state index contributed by atoms with van der Waals surface area (Å²) < 4.78 is 0. The Labute approximate surface area is 99.4 Å². The van der Waals surface area contributed by atoms with Gasteiger partial charge in [0, 0.05) is 19.6 Å². The number of hydrogen-bond donors (Lipinski definition) is 1. The molecule has 0 spiro atoms. The molecule has 0 amide bonds. The Kier molecular flexibility index (Phi) is 4.38. The SMILES string of the molecule is CCNC(=S)N(C)C1CCC(C)(C)CC1. The normalized spacial score (nSPS) is 21.1. The maximum atomic E-state index is 5.33. The highest BCUT2D eigenvalue weighted by molar-refractivity contribution is 7.80. The number of nitrogens with one attached hydrogen (secondary N) is 1. The summed E-state index contributed by atoms with van der Waals surface area (Å²) in [6.07, 6.45) is 5.18. The third-order valence-electron chi connectivity index (χ3n) is 3.50. The number of nitrogens with zero attached hydrogens (tertiary/aromatic N) is 1. The molecule has 0 aromatic carbocycles. The number of thiocarbonyl (C=S) groups is 1. The Bertz CT molecular complexity index is 216. The van der Waals surface area contributed by atoms with Gasteiger partial charge < -0.3 is 10.2 Å². The third-order valence-corrected chi connectivity index (χ3v) is 3.94. The highest BCUT2D eigenvalue weighted by Gasteiger charge is 2.29. The van der Waals surface area contributed by atoms with Gasteiger partial charge in [0.2, 0.25) is 0 Å². The lowest BCUT2D eigenvalue weighted by Gasteiger charge is -2.39. The van der Waals surface area contributed by atoms with Crippen molar-refractivity contribution in [2.24, 2.45) is 5.41 Å². The van der Waals surface area contributed by atoms with Gasteiger partial charge in [0.25, 0.3) is 0 Å². The average Bonchev–Trinajstić information content (AvgIpc) is 2.17. The van der Waals surface area contributed by atoms with Crippen LogP contribution in [-0.2, 0) is 0 Å². The quantitative estimate of drug-likeness (QED) is 0.732. The van der Waals surface area contributed by atoms with Crippen molar-refractivity contribution >= 4 is 17.3 Å². The van der Waals surface area contributed by atoms with Crippen molar-refractivity contribution in [3.63, 3.8) is 0 Å². The van der Waals surface area contributed by atoms with Crippen molar-refractivity contribution in [3.8, 4) is 0 Å². The lowest BCUT2D eigenvalue weighted by molar-refractivity contribution is 0.168. The van der Waals surface area contributed by atoms with Crippen molar-refractivity contribution in [2.45, 2.75) is 52.5 Å². The highest BCUT2D eigenvalue weighted by Crippen LogP contribution is 2.36. The molecule has 0 heterocycles. The van der Waals surface area contributed by atoms with Crippen LogP contribution < -0.4 is 5.32 Å². The Balaban J connectivity index is 2.42. The van der Waals surface area contributed by atoms with Crippen LogP contribution in [0.2, 0.25) is 0 Å². The second kappa shape index (κ2) is 5.15. The number of rotatable bonds is 2. The molecule has 0 aliphatic heterocycles. The predicted octanol–water partition coefficient (Wildman–Crippen LogP) is 2.78. The zero-order chi connectivity index (χ0) is 11.5. The van der Waals surface area contributed by atoms with Crippen molar-refractivity contribution in [1.29, 1.82) is 0 Å². The molecule has 0 radical (unpaired) electrons. The van der Waals surface area contributed by atoms with E-state index in [4.69, 9.17) is 12.2 Å². The minimum atomic E-state index is 0.539. The van der Waals surface area contributed by atoms with Crippen molar-refractivity contribution in [1.82, 2.24) is 10.2 Å². The van der Waals surface area contributed by atoms with Crippen LogP contribution in [0, 0.1) is 5.41 Å². The maximum Gasteiger partial charge on any atom is 0.168 e. The van der Waals surface area contributed by atoms with Gasteiger partial charge in [0.15, 0.2) is 5.11 Å². The van der Waals surface area contributed by atoms with Crippen LogP contribution in [0.5, 0.6) is 0 Å². The fraction of sp³-hybridized carbons (Fsp3) is 0.917. The summed E-state index contributed by atoms with van der Waals surface area (Å²) in [5.74, 6) is 0. The first kappa shape index (κ1) is 12.8. The summed E-state index contributed by atoms with van der Waals surface area (Å²) in [6, 6.07) is 0.643. The minimum Gasteiger partial charge on any atom is -0.363 e. The van der Waals surface area contributed by atoms with Crippen molar-refractivity contribution in [3.05, 3.63) is 0 Å².